The minimum atomic E-state index is -0.314. The molecule has 8 heteroatoms. The number of anilines is 1. The first-order chi connectivity index (χ1) is 15.3. The van der Waals surface area contributed by atoms with Crippen molar-refractivity contribution in [2.24, 2.45) is 0 Å². The smallest absolute Gasteiger partial charge is 0.278 e. The summed E-state index contributed by atoms with van der Waals surface area (Å²) < 4.78 is 0. The molecule has 0 radical (unpaired) electrons. The lowest BCUT2D eigenvalue weighted by atomic mass is 10.0. The highest BCUT2D eigenvalue weighted by atomic mass is 35.5. The van der Waals surface area contributed by atoms with Gasteiger partial charge in [0.25, 0.3) is 11.8 Å². The molecule has 4 rings (SSSR count). The van der Waals surface area contributed by atoms with Crippen molar-refractivity contribution < 1.29 is 14.4 Å². The van der Waals surface area contributed by atoms with Crippen molar-refractivity contribution >= 4 is 40.6 Å². The minimum Gasteiger partial charge on any atom is -0.364 e. The van der Waals surface area contributed by atoms with E-state index in [0.29, 0.717) is 40.6 Å². The van der Waals surface area contributed by atoms with Gasteiger partial charge in [0.15, 0.2) is 0 Å². The summed E-state index contributed by atoms with van der Waals surface area (Å²) in [6.45, 7) is 4.60. The van der Waals surface area contributed by atoms with Crippen molar-refractivity contribution in [3.63, 3.8) is 0 Å². The van der Waals surface area contributed by atoms with Gasteiger partial charge < -0.3 is 15.1 Å². The SMILES string of the molecule is CC(=O)Nc1ccc(C2=C(N3CCN(C)CC3)C(=O)N(Cc3ccc(Cl)cc3)C2=O)cc1. The standard InChI is InChI=1S/C24H25ClN4O3/c1-16(30)26-20-9-5-18(6-10-20)21-22(28-13-11-27(2)12-14-28)24(32)29(23(21)31)15-17-3-7-19(25)8-4-17/h3-10H,11-15H2,1-2H3,(H,26,30). The average molecular weight is 453 g/mol. The molecule has 2 heterocycles. The number of nitrogens with zero attached hydrogens (tertiary/aromatic N) is 3. The largest absolute Gasteiger partial charge is 0.364 e. The molecular weight excluding hydrogens is 428 g/mol. The minimum absolute atomic E-state index is 0.170. The highest BCUT2D eigenvalue weighted by Crippen LogP contribution is 2.33. The third-order valence-corrected chi connectivity index (χ3v) is 5.96. The van der Waals surface area contributed by atoms with Crippen LogP contribution >= 0.6 is 11.6 Å². The molecule has 166 valence electrons. The Morgan fingerprint density at radius 2 is 1.56 bits per heavy atom. The maximum atomic E-state index is 13.5. The number of nitrogens with one attached hydrogen (secondary N) is 1. The molecular formula is C24H25ClN4O3. The Morgan fingerprint density at radius 1 is 0.938 bits per heavy atom. The van der Waals surface area contributed by atoms with E-state index >= 15 is 0 Å². The van der Waals surface area contributed by atoms with Crippen LogP contribution in [0.1, 0.15) is 18.1 Å². The van der Waals surface area contributed by atoms with E-state index in [1.807, 2.05) is 24.1 Å². The summed E-state index contributed by atoms with van der Waals surface area (Å²) in [6.07, 6.45) is 0. The van der Waals surface area contributed by atoms with Crippen LogP contribution in [0.15, 0.2) is 54.2 Å². The van der Waals surface area contributed by atoms with Crippen molar-refractivity contribution in [3.8, 4) is 0 Å². The van der Waals surface area contributed by atoms with Crippen LogP contribution in [0, 0.1) is 0 Å². The summed E-state index contributed by atoms with van der Waals surface area (Å²) in [4.78, 5) is 43.8. The number of imide groups is 1. The first-order valence-corrected chi connectivity index (χ1v) is 10.9. The monoisotopic (exact) mass is 452 g/mol. The fourth-order valence-electron chi connectivity index (χ4n) is 3.99. The molecule has 0 unspecified atom stereocenters. The Labute approximate surface area is 192 Å². The number of hydrogen-bond donors (Lipinski definition) is 1. The van der Waals surface area contributed by atoms with Crippen LogP contribution in [0.4, 0.5) is 5.69 Å². The van der Waals surface area contributed by atoms with Gasteiger partial charge in [0.05, 0.1) is 12.1 Å². The van der Waals surface area contributed by atoms with E-state index < -0.39 is 0 Å². The van der Waals surface area contributed by atoms with Crippen LogP contribution in [0.2, 0.25) is 5.02 Å². The maximum absolute atomic E-state index is 13.5. The summed E-state index contributed by atoms with van der Waals surface area (Å²) in [6, 6.07) is 14.2. The van der Waals surface area contributed by atoms with Crippen molar-refractivity contribution in [2.45, 2.75) is 13.5 Å². The highest BCUT2D eigenvalue weighted by Gasteiger charge is 2.42. The molecule has 0 bridgehead atoms. The van der Waals surface area contributed by atoms with E-state index in [1.54, 1.807) is 36.4 Å². The third-order valence-electron chi connectivity index (χ3n) is 5.71. The van der Waals surface area contributed by atoms with E-state index in [-0.39, 0.29) is 24.3 Å². The molecule has 2 aromatic carbocycles. The van der Waals surface area contributed by atoms with Crippen LogP contribution in [0.5, 0.6) is 0 Å². The number of rotatable bonds is 5. The van der Waals surface area contributed by atoms with Crippen molar-refractivity contribution in [3.05, 3.63) is 70.4 Å². The molecule has 2 aliphatic heterocycles. The zero-order chi connectivity index (χ0) is 22.8. The van der Waals surface area contributed by atoms with E-state index in [9.17, 15) is 14.4 Å². The summed E-state index contributed by atoms with van der Waals surface area (Å²) in [5, 5.41) is 3.32. The molecule has 1 saturated heterocycles. The number of hydrogen-bond acceptors (Lipinski definition) is 5. The number of amides is 3. The second-order valence-corrected chi connectivity index (χ2v) is 8.53. The van der Waals surface area contributed by atoms with Gasteiger partial charge in [-0.3, -0.25) is 19.3 Å². The predicted octanol–water partition coefficient (Wildman–Crippen LogP) is 2.83. The molecule has 1 N–H and O–H groups in total. The molecule has 32 heavy (non-hydrogen) atoms. The second kappa shape index (κ2) is 9.14. The lowest BCUT2D eigenvalue weighted by Crippen LogP contribution is -2.46. The van der Waals surface area contributed by atoms with Gasteiger partial charge in [-0.05, 0) is 42.4 Å². The van der Waals surface area contributed by atoms with Crippen LogP contribution < -0.4 is 5.32 Å². The van der Waals surface area contributed by atoms with Gasteiger partial charge in [0, 0.05) is 43.8 Å². The van der Waals surface area contributed by atoms with Gasteiger partial charge in [0.1, 0.15) is 5.70 Å². The van der Waals surface area contributed by atoms with E-state index in [0.717, 1.165) is 18.7 Å². The van der Waals surface area contributed by atoms with Gasteiger partial charge in [-0.15, -0.1) is 0 Å². The summed E-state index contributed by atoms with van der Waals surface area (Å²) >= 11 is 5.98. The lowest BCUT2D eigenvalue weighted by Gasteiger charge is -2.34. The van der Waals surface area contributed by atoms with Gasteiger partial charge >= 0.3 is 0 Å². The number of carbonyl (C=O) groups is 3. The Balaban J connectivity index is 1.69. The summed E-state index contributed by atoms with van der Waals surface area (Å²) in [7, 11) is 2.04. The lowest BCUT2D eigenvalue weighted by molar-refractivity contribution is -0.138. The Morgan fingerprint density at radius 3 is 2.16 bits per heavy atom. The number of carbonyl (C=O) groups excluding carboxylic acids is 3. The fourth-order valence-corrected chi connectivity index (χ4v) is 4.11. The molecule has 0 spiro atoms. The van der Waals surface area contributed by atoms with Crippen LogP contribution in [0.3, 0.4) is 0 Å². The van der Waals surface area contributed by atoms with Crippen molar-refractivity contribution in [1.29, 1.82) is 0 Å². The summed E-state index contributed by atoms with van der Waals surface area (Å²) in [5.41, 5.74) is 2.98. The topological polar surface area (TPSA) is 73.0 Å². The quantitative estimate of drug-likeness (QED) is 0.706. The maximum Gasteiger partial charge on any atom is 0.278 e. The highest BCUT2D eigenvalue weighted by molar-refractivity contribution is 6.35. The number of halogens is 1. The van der Waals surface area contributed by atoms with E-state index in [1.165, 1.54) is 11.8 Å². The van der Waals surface area contributed by atoms with Crippen molar-refractivity contribution in [1.82, 2.24) is 14.7 Å². The van der Waals surface area contributed by atoms with Crippen molar-refractivity contribution in [2.75, 3.05) is 38.5 Å². The first-order valence-electron chi connectivity index (χ1n) is 10.5. The fraction of sp³-hybridized carbons (Fsp3) is 0.292. The van der Waals surface area contributed by atoms with E-state index in [4.69, 9.17) is 11.6 Å². The molecule has 0 aliphatic carbocycles. The number of likely N-dealkylation sites (N-methyl/N-ethyl adjacent to an activating group) is 1. The van der Waals surface area contributed by atoms with Gasteiger partial charge in [-0.2, -0.15) is 0 Å². The van der Waals surface area contributed by atoms with Gasteiger partial charge in [-0.25, -0.2) is 0 Å². The van der Waals surface area contributed by atoms with Crippen LogP contribution in [0.25, 0.3) is 5.57 Å². The molecule has 7 nitrogen and oxygen atoms in total. The molecule has 0 aromatic heterocycles. The normalized spacial score (nSPS) is 17.3. The first kappa shape index (κ1) is 22.0. The third kappa shape index (κ3) is 4.54. The van der Waals surface area contributed by atoms with Crippen LogP contribution in [-0.2, 0) is 20.9 Å². The molecule has 3 amide bonds. The van der Waals surface area contributed by atoms with E-state index in [2.05, 4.69) is 10.2 Å². The zero-order valence-electron chi connectivity index (χ0n) is 18.1. The van der Waals surface area contributed by atoms with Gasteiger partial charge in [0.2, 0.25) is 5.91 Å². The summed E-state index contributed by atoms with van der Waals surface area (Å²) in [5.74, 6) is -0.766. The number of piperazine rings is 1. The number of benzene rings is 2. The average Bonchev–Trinajstić information content (AvgIpc) is 3.01. The Bertz CT molecular complexity index is 1070. The second-order valence-electron chi connectivity index (χ2n) is 8.10. The molecule has 2 aromatic rings. The molecule has 0 atom stereocenters. The van der Waals surface area contributed by atoms with Crippen LogP contribution in [-0.4, -0.2) is 65.6 Å². The Hall–Kier alpha value is -3.16. The molecule has 0 saturated carbocycles. The molecule has 2 aliphatic rings. The molecule has 1 fully saturated rings. The van der Waals surface area contributed by atoms with Gasteiger partial charge in [-0.1, -0.05) is 35.9 Å². The zero-order valence-corrected chi connectivity index (χ0v) is 18.9. The Kier molecular flexibility index (Phi) is 6.30. The predicted molar refractivity (Wildman–Crippen MR) is 124 cm³/mol.